The number of likely N-dealkylation sites (tertiary alicyclic amines) is 1. The largest absolute Gasteiger partial charge is 0.340 e. The minimum Gasteiger partial charge on any atom is -0.340 e. The Balaban J connectivity index is 2.01. The first-order chi connectivity index (χ1) is 10.6. The van der Waals surface area contributed by atoms with Crippen molar-refractivity contribution in [1.29, 1.82) is 0 Å². The first kappa shape index (κ1) is 17.0. The smallest absolute Gasteiger partial charge is 0.239 e. The molecule has 2 unspecified atom stereocenters. The van der Waals surface area contributed by atoms with E-state index in [1.807, 2.05) is 11.8 Å². The molecule has 1 amide bonds. The number of nitrogens with two attached hydrogens (primary N) is 1. The van der Waals surface area contributed by atoms with Crippen LogP contribution in [0.25, 0.3) is 0 Å². The van der Waals surface area contributed by atoms with Crippen molar-refractivity contribution in [3.05, 3.63) is 35.9 Å². The molecule has 1 aromatic carbocycles. The quantitative estimate of drug-likeness (QED) is 0.877. The number of carbonyl (C=O) groups excluding carboxylic acids is 1. The first-order valence-corrected chi connectivity index (χ1v) is 8.44. The van der Waals surface area contributed by atoms with Crippen LogP contribution in [0.15, 0.2) is 30.3 Å². The molecule has 1 aliphatic heterocycles. The number of piperidine rings is 1. The Bertz CT molecular complexity index is 461. The third kappa shape index (κ3) is 4.55. The van der Waals surface area contributed by atoms with Gasteiger partial charge in [-0.25, -0.2) is 0 Å². The van der Waals surface area contributed by atoms with Gasteiger partial charge in [-0.3, -0.25) is 9.69 Å². The summed E-state index contributed by atoms with van der Waals surface area (Å²) >= 11 is 0. The molecule has 1 aromatic rings. The van der Waals surface area contributed by atoms with Crippen molar-refractivity contribution in [1.82, 2.24) is 9.80 Å². The molecule has 0 aromatic heterocycles. The minimum absolute atomic E-state index is 0.0627. The fourth-order valence-electron chi connectivity index (χ4n) is 3.21. The van der Waals surface area contributed by atoms with Crippen LogP contribution in [0.3, 0.4) is 0 Å². The fraction of sp³-hybridized carbons (Fsp3) is 0.611. The molecule has 0 radical (unpaired) electrons. The highest BCUT2D eigenvalue weighted by atomic mass is 16.2. The first-order valence-electron chi connectivity index (χ1n) is 8.44. The van der Waals surface area contributed by atoms with Crippen LogP contribution in [0, 0.1) is 0 Å². The highest BCUT2D eigenvalue weighted by molar-refractivity contribution is 5.81. The maximum atomic E-state index is 12.2. The molecule has 0 spiro atoms. The zero-order chi connectivity index (χ0) is 15.9. The summed E-state index contributed by atoms with van der Waals surface area (Å²) in [5.41, 5.74) is 7.11. The Morgan fingerprint density at radius 1 is 1.36 bits per heavy atom. The Morgan fingerprint density at radius 2 is 2.09 bits per heavy atom. The number of nitrogens with zero attached hydrogens (tertiary/aromatic N) is 2. The Kier molecular flexibility index (Phi) is 6.40. The molecule has 0 bridgehead atoms. The summed E-state index contributed by atoms with van der Waals surface area (Å²) in [6, 6.07) is 10.6. The summed E-state index contributed by atoms with van der Waals surface area (Å²) in [5, 5.41) is 0. The molecule has 2 rings (SSSR count). The van der Waals surface area contributed by atoms with Crippen molar-refractivity contribution in [3.8, 4) is 0 Å². The van der Waals surface area contributed by atoms with E-state index in [-0.39, 0.29) is 5.91 Å². The lowest BCUT2D eigenvalue weighted by Crippen LogP contribution is -2.50. The zero-order valence-corrected chi connectivity index (χ0v) is 13.9. The molecular weight excluding hydrogens is 274 g/mol. The molecule has 2 N–H and O–H groups in total. The van der Waals surface area contributed by atoms with E-state index >= 15 is 0 Å². The second-order valence-electron chi connectivity index (χ2n) is 6.27. The van der Waals surface area contributed by atoms with Crippen molar-refractivity contribution in [2.24, 2.45) is 5.73 Å². The van der Waals surface area contributed by atoms with Gasteiger partial charge in [0, 0.05) is 25.7 Å². The number of rotatable bonds is 6. The molecule has 22 heavy (non-hydrogen) atoms. The monoisotopic (exact) mass is 303 g/mol. The molecule has 4 heteroatoms. The van der Waals surface area contributed by atoms with E-state index in [2.05, 4.69) is 35.2 Å². The average molecular weight is 303 g/mol. The van der Waals surface area contributed by atoms with Crippen LogP contribution in [0.5, 0.6) is 0 Å². The number of amides is 1. The third-order valence-electron chi connectivity index (χ3n) is 4.49. The Labute approximate surface area is 134 Å². The van der Waals surface area contributed by atoms with Gasteiger partial charge in [0.1, 0.15) is 0 Å². The summed E-state index contributed by atoms with van der Waals surface area (Å²) in [5.74, 6) is 0.0627. The highest BCUT2D eigenvalue weighted by Crippen LogP contribution is 2.20. The fourth-order valence-corrected chi connectivity index (χ4v) is 3.21. The topological polar surface area (TPSA) is 49.6 Å². The normalized spacial score (nSPS) is 20.6. The van der Waals surface area contributed by atoms with Crippen LogP contribution >= 0.6 is 0 Å². The van der Waals surface area contributed by atoms with E-state index in [9.17, 15) is 4.79 Å². The van der Waals surface area contributed by atoms with Gasteiger partial charge in [-0.2, -0.15) is 0 Å². The molecule has 2 atom stereocenters. The van der Waals surface area contributed by atoms with Gasteiger partial charge in [0.25, 0.3) is 0 Å². The van der Waals surface area contributed by atoms with E-state index in [1.54, 1.807) is 6.92 Å². The van der Waals surface area contributed by atoms with E-state index in [0.717, 1.165) is 32.6 Å². The maximum absolute atomic E-state index is 12.2. The van der Waals surface area contributed by atoms with Gasteiger partial charge < -0.3 is 10.6 Å². The predicted molar refractivity (Wildman–Crippen MR) is 90.4 cm³/mol. The Hall–Kier alpha value is -1.39. The van der Waals surface area contributed by atoms with Gasteiger partial charge in [0.15, 0.2) is 0 Å². The van der Waals surface area contributed by atoms with Gasteiger partial charge in [-0.1, -0.05) is 36.8 Å². The number of carbonyl (C=O) groups is 1. The van der Waals surface area contributed by atoms with Crippen LogP contribution in [0.1, 0.15) is 38.7 Å². The van der Waals surface area contributed by atoms with Crippen molar-refractivity contribution in [3.63, 3.8) is 0 Å². The molecule has 122 valence electrons. The summed E-state index contributed by atoms with van der Waals surface area (Å²) in [6.45, 7) is 7.41. The standard InChI is InChI=1S/C18H29N3O/c1-3-20(18(22)15(2)19)14-17-11-7-8-12-21(17)13-16-9-5-4-6-10-16/h4-6,9-10,15,17H,3,7-8,11-14,19H2,1-2H3. The van der Waals surface area contributed by atoms with Crippen LogP contribution < -0.4 is 5.73 Å². The Morgan fingerprint density at radius 3 is 2.73 bits per heavy atom. The SMILES string of the molecule is CCN(CC1CCCCN1Cc1ccccc1)C(=O)C(C)N. The second-order valence-corrected chi connectivity index (χ2v) is 6.27. The maximum Gasteiger partial charge on any atom is 0.239 e. The van der Waals surface area contributed by atoms with Crippen LogP contribution in [0.2, 0.25) is 0 Å². The van der Waals surface area contributed by atoms with Crippen molar-refractivity contribution in [2.45, 2.75) is 51.7 Å². The summed E-state index contributed by atoms with van der Waals surface area (Å²) in [4.78, 5) is 16.6. The summed E-state index contributed by atoms with van der Waals surface area (Å²) in [7, 11) is 0. The third-order valence-corrected chi connectivity index (χ3v) is 4.49. The van der Waals surface area contributed by atoms with Crippen LogP contribution in [0.4, 0.5) is 0 Å². The molecular formula is C18H29N3O. The molecule has 4 nitrogen and oxygen atoms in total. The highest BCUT2D eigenvalue weighted by Gasteiger charge is 2.26. The molecule has 1 fully saturated rings. The molecule has 1 heterocycles. The average Bonchev–Trinajstić information content (AvgIpc) is 2.54. The molecule has 1 aliphatic rings. The number of likely N-dealkylation sites (N-methyl/N-ethyl adjacent to an activating group) is 1. The minimum atomic E-state index is -0.411. The van der Waals surface area contributed by atoms with E-state index in [4.69, 9.17) is 5.73 Å². The van der Waals surface area contributed by atoms with Gasteiger partial charge >= 0.3 is 0 Å². The summed E-state index contributed by atoms with van der Waals surface area (Å²) in [6.07, 6.45) is 3.66. The number of hydrogen-bond acceptors (Lipinski definition) is 3. The number of hydrogen-bond donors (Lipinski definition) is 1. The van der Waals surface area contributed by atoms with Gasteiger partial charge in [0.05, 0.1) is 6.04 Å². The van der Waals surface area contributed by atoms with Crippen LogP contribution in [-0.4, -0.2) is 47.4 Å². The van der Waals surface area contributed by atoms with Crippen molar-refractivity contribution in [2.75, 3.05) is 19.6 Å². The summed E-state index contributed by atoms with van der Waals surface area (Å²) < 4.78 is 0. The van der Waals surface area contributed by atoms with Crippen LogP contribution in [-0.2, 0) is 11.3 Å². The molecule has 0 aliphatic carbocycles. The second kappa shape index (κ2) is 8.30. The lowest BCUT2D eigenvalue weighted by atomic mass is 10.00. The van der Waals surface area contributed by atoms with Gasteiger partial charge in [0.2, 0.25) is 5.91 Å². The van der Waals surface area contributed by atoms with E-state index < -0.39 is 6.04 Å². The van der Waals surface area contributed by atoms with E-state index in [0.29, 0.717) is 6.04 Å². The van der Waals surface area contributed by atoms with Gasteiger partial charge in [-0.05, 0) is 38.8 Å². The predicted octanol–water partition coefficient (Wildman–Crippen LogP) is 2.24. The van der Waals surface area contributed by atoms with Crippen molar-refractivity contribution >= 4 is 5.91 Å². The molecule has 0 saturated carbocycles. The molecule has 1 saturated heterocycles. The zero-order valence-electron chi connectivity index (χ0n) is 13.9. The number of benzene rings is 1. The van der Waals surface area contributed by atoms with Crippen molar-refractivity contribution < 1.29 is 4.79 Å². The van der Waals surface area contributed by atoms with Gasteiger partial charge in [-0.15, -0.1) is 0 Å². The lowest BCUT2D eigenvalue weighted by Gasteiger charge is -2.39. The lowest BCUT2D eigenvalue weighted by molar-refractivity contribution is -0.133. The van der Waals surface area contributed by atoms with E-state index in [1.165, 1.54) is 18.4 Å².